The largest absolute Gasteiger partial charge is 0.352 e. The van der Waals surface area contributed by atoms with Crippen molar-refractivity contribution in [1.29, 1.82) is 0 Å². The Morgan fingerprint density at radius 1 is 1.09 bits per heavy atom. The molecule has 0 amide bonds. The second-order valence-corrected chi connectivity index (χ2v) is 5.33. The van der Waals surface area contributed by atoms with Gasteiger partial charge in [0.05, 0.1) is 0 Å². The molecular formula is C15H14F2N6. The van der Waals surface area contributed by atoms with E-state index in [1.807, 2.05) is 4.90 Å². The molecule has 0 spiro atoms. The molecule has 0 radical (unpaired) electrons. The number of aromatic nitrogens is 4. The summed E-state index contributed by atoms with van der Waals surface area (Å²) in [6.45, 7) is 2.72. The van der Waals surface area contributed by atoms with Crippen LogP contribution in [0, 0.1) is 11.6 Å². The number of rotatable bonds is 2. The summed E-state index contributed by atoms with van der Waals surface area (Å²) in [5.74, 6) is -1.24. The van der Waals surface area contributed by atoms with Crippen LogP contribution in [-0.4, -0.2) is 46.3 Å². The topological polar surface area (TPSA) is 69.7 Å². The molecule has 4 heterocycles. The number of nitrogens with one attached hydrogen (secondary N) is 2. The maximum atomic E-state index is 14.3. The second kappa shape index (κ2) is 5.54. The SMILES string of the molecule is Fc1cc(F)c(N2CCNCC2)nc1-c1n[nH]c2ncccc12. The van der Waals surface area contributed by atoms with Gasteiger partial charge in [-0.2, -0.15) is 5.10 Å². The van der Waals surface area contributed by atoms with Crippen LogP contribution < -0.4 is 10.2 Å². The lowest BCUT2D eigenvalue weighted by molar-refractivity contribution is 0.544. The molecule has 0 atom stereocenters. The second-order valence-electron chi connectivity index (χ2n) is 5.33. The molecule has 3 aromatic heterocycles. The summed E-state index contributed by atoms with van der Waals surface area (Å²) in [6, 6.07) is 4.38. The lowest BCUT2D eigenvalue weighted by Gasteiger charge is -2.28. The summed E-state index contributed by atoms with van der Waals surface area (Å²) < 4.78 is 28.4. The van der Waals surface area contributed by atoms with Crippen molar-refractivity contribution < 1.29 is 8.78 Å². The minimum Gasteiger partial charge on any atom is -0.352 e. The molecule has 1 saturated heterocycles. The van der Waals surface area contributed by atoms with Crippen LogP contribution in [0.4, 0.5) is 14.6 Å². The summed E-state index contributed by atoms with van der Waals surface area (Å²) in [6.07, 6.45) is 1.62. The molecule has 0 aromatic carbocycles. The van der Waals surface area contributed by atoms with Crippen molar-refractivity contribution in [2.24, 2.45) is 0 Å². The Balaban J connectivity index is 1.85. The van der Waals surface area contributed by atoms with Gasteiger partial charge in [0, 0.05) is 43.8 Å². The van der Waals surface area contributed by atoms with Gasteiger partial charge in [0.25, 0.3) is 0 Å². The predicted octanol–water partition coefficient (Wildman–Crippen LogP) is 1.71. The molecule has 2 N–H and O–H groups in total. The van der Waals surface area contributed by atoms with E-state index in [0.29, 0.717) is 29.8 Å². The van der Waals surface area contributed by atoms with Crippen LogP contribution in [0.1, 0.15) is 0 Å². The fourth-order valence-electron chi connectivity index (χ4n) is 2.76. The van der Waals surface area contributed by atoms with Crippen molar-refractivity contribution in [2.75, 3.05) is 31.1 Å². The summed E-state index contributed by atoms with van der Waals surface area (Å²) in [4.78, 5) is 10.2. The van der Waals surface area contributed by atoms with Gasteiger partial charge in [-0.25, -0.2) is 18.7 Å². The monoisotopic (exact) mass is 316 g/mol. The van der Waals surface area contributed by atoms with E-state index >= 15 is 0 Å². The van der Waals surface area contributed by atoms with E-state index in [2.05, 4.69) is 25.5 Å². The number of aromatic amines is 1. The van der Waals surface area contributed by atoms with Gasteiger partial charge in [0.1, 0.15) is 11.4 Å². The Hall–Kier alpha value is -2.61. The first-order valence-corrected chi connectivity index (χ1v) is 7.35. The van der Waals surface area contributed by atoms with Crippen LogP contribution >= 0.6 is 0 Å². The van der Waals surface area contributed by atoms with E-state index in [1.54, 1.807) is 18.3 Å². The number of anilines is 1. The molecule has 1 fully saturated rings. The molecule has 3 aromatic rings. The third-order valence-electron chi connectivity index (χ3n) is 3.89. The molecule has 0 aliphatic carbocycles. The van der Waals surface area contributed by atoms with Crippen molar-refractivity contribution in [3.8, 4) is 11.4 Å². The van der Waals surface area contributed by atoms with Crippen LogP contribution in [-0.2, 0) is 0 Å². The van der Waals surface area contributed by atoms with E-state index in [4.69, 9.17) is 0 Å². The highest BCUT2D eigenvalue weighted by molar-refractivity contribution is 5.89. The van der Waals surface area contributed by atoms with Crippen molar-refractivity contribution in [3.63, 3.8) is 0 Å². The summed E-state index contributed by atoms with van der Waals surface area (Å²) in [5, 5.41) is 10.7. The summed E-state index contributed by atoms with van der Waals surface area (Å²) >= 11 is 0. The molecule has 1 aliphatic rings. The number of nitrogens with zero attached hydrogens (tertiary/aromatic N) is 4. The lowest BCUT2D eigenvalue weighted by Crippen LogP contribution is -2.44. The van der Waals surface area contributed by atoms with Gasteiger partial charge < -0.3 is 10.2 Å². The average Bonchev–Trinajstić information content (AvgIpc) is 3.00. The first-order chi connectivity index (χ1) is 11.2. The lowest BCUT2D eigenvalue weighted by atomic mass is 10.2. The number of piperazine rings is 1. The molecule has 1 aliphatic heterocycles. The minimum atomic E-state index is -0.737. The van der Waals surface area contributed by atoms with E-state index in [9.17, 15) is 8.78 Å². The first kappa shape index (κ1) is 14.0. The average molecular weight is 316 g/mol. The van der Waals surface area contributed by atoms with Crippen LogP contribution in [0.2, 0.25) is 0 Å². The molecule has 0 bridgehead atoms. The molecule has 6 nitrogen and oxygen atoms in total. The standard InChI is InChI=1S/C15H14F2N6/c16-10-8-11(17)15(23-6-4-18-5-7-23)20-13(10)12-9-2-1-3-19-14(9)22-21-12/h1-3,8,18H,4-7H2,(H,19,21,22). The Morgan fingerprint density at radius 2 is 1.91 bits per heavy atom. The van der Waals surface area contributed by atoms with Crippen molar-refractivity contribution in [2.45, 2.75) is 0 Å². The van der Waals surface area contributed by atoms with Gasteiger partial charge in [-0.15, -0.1) is 0 Å². The number of hydrogen-bond donors (Lipinski definition) is 2. The molecule has 118 valence electrons. The van der Waals surface area contributed by atoms with E-state index < -0.39 is 11.6 Å². The molecule has 23 heavy (non-hydrogen) atoms. The van der Waals surface area contributed by atoms with Crippen LogP contribution in [0.15, 0.2) is 24.4 Å². The third-order valence-corrected chi connectivity index (χ3v) is 3.89. The maximum Gasteiger partial charge on any atom is 0.168 e. The van der Waals surface area contributed by atoms with Gasteiger partial charge in [-0.05, 0) is 12.1 Å². The van der Waals surface area contributed by atoms with Gasteiger partial charge in [-0.1, -0.05) is 0 Å². The van der Waals surface area contributed by atoms with Crippen LogP contribution in [0.3, 0.4) is 0 Å². The highest BCUT2D eigenvalue weighted by Crippen LogP contribution is 2.29. The summed E-state index contributed by atoms with van der Waals surface area (Å²) in [5.41, 5.74) is 0.901. The number of hydrogen-bond acceptors (Lipinski definition) is 5. The quantitative estimate of drug-likeness (QED) is 0.753. The molecule has 0 unspecified atom stereocenters. The number of halogens is 2. The van der Waals surface area contributed by atoms with Gasteiger partial charge in [0.15, 0.2) is 23.1 Å². The Morgan fingerprint density at radius 3 is 2.74 bits per heavy atom. The Kier molecular flexibility index (Phi) is 3.38. The van der Waals surface area contributed by atoms with Crippen LogP contribution in [0.25, 0.3) is 22.4 Å². The fraction of sp³-hybridized carbons (Fsp3) is 0.267. The maximum absolute atomic E-state index is 14.3. The van der Waals surface area contributed by atoms with E-state index in [1.165, 1.54) is 0 Å². The number of H-pyrrole nitrogens is 1. The van der Waals surface area contributed by atoms with Gasteiger partial charge in [0.2, 0.25) is 0 Å². The van der Waals surface area contributed by atoms with Crippen LogP contribution in [0.5, 0.6) is 0 Å². The first-order valence-electron chi connectivity index (χ1n) is 7.35. The van der Waals surface area contributed by atoms with E-state index in [0.717, 1.165) is 19.2 Å². The fourth-order valence-corrected chi connectivity index (χ4v) is 2.76. The van der Waals surface area contributed by atoms with E-state index in [-0.39, 0.29) is 11.5 Å². The molecule has 8 heteroatoms. The highest BCUT2D eigenvalue weighted by Gasteiger charge is 2.22. The number of fused-ring (bicyclic) bond motifs is 1. The predicted molar refractivity (Wildman–Crippen MR) is 82.1 cm³/mol. The zero-order valence-electron chi connectivity index (χ0n) is 12.2. The zero-order valence-corrected chi connectivity index (χ0v) is 12.2. The summed E-state index contributed by atoms with van der Waals surface area (Å²) in [7, 11) is 0. The zero-order chi connectivity index (χ0) is 15.8. The van der Waals surface area contributed by atoms with Crippen molar-refractivity contribution in [3.05, 3.63) is 36.0 Å². The Bertz CT molecular complexity index is 856. The van der Waals surface area contributed by atoms with Gasteiger partial charge in [-0.3, -0.25) is 5.10 Å². The van der Waals surface area contributed by atoms with Crippen molar-refractivity contribution in [1.82, 2.24) is 25.5 Å². The Labute approximate surface area is 130 Å². The molecular weight excluding hydrogens is 302 g/mol. The van der Waals surface area contributed by atoms with Gasteiger partial charge >= 0.3 is 0 Å². The smallest absolute Gasteiger partial charge is 0.168 e. The normalized spacial score (nSPS) is 15.3. The third kappa shape index (κ3) is 2.40. The minimum absolute atomic E-state index is 0.0270. The molecule has 0 saturated carbocycles. The number of pyridine rings is 2. The highest BCUT2D eigenvalue weighted by atomic mass is 19.1. The molecule has 4 rings (SSSR count). The van der Waals surface area contributed by atoms with Crippen molar-refractivity contribution >= 4 is 16.9 Å².